The molecule has 2 rings (SSSR count). The van der Waals surface area contributed by atoms with Crippen molar-refractivity contribution in [2.45, 2.75) is 13.3 Å². The maximum atomic E-state index is 12.3. The van der Waals surface area contributed by atoms with Crippen LogP contribution >= 0.6 is 0 Å². The molecule has 0 aliphatic rings. The van der Waals surface area contributed by atoms with Crippen LogP contribution in [0.5, 0.6) is 5.75 Å². The summed E-state index contributed by atoms with van der Waals surface area (Å²) in [4.78, 5) is 24.3. The number of pyridine rings is 1. The normalized spacial score (nSPS) is 10.6. The second-order valence-electron chi connectivity index (χ2n) is 4.60. The quantitative estimate of drug-likeness (QED) is 0.923. The van der Waals surface area contributed by atoms with E-state index in [4.69, 9.17) is 4.74 Å². The number of fused-ring (bicyclic) bond motifs is 1. The maximum absolute atomic E-state index is 12.3. The third kappa shape index (κ3) is 2.52. The summed E-state index contributed by atoms with van der Waals surface area (Å²) < 4.78 is 6.52. The zero-order valence-electron chi connectivity index (χ0n) is 11.9. The molecule has 0 aliphatic heterocycles. The summed E-state index contributed by atoms with van der Waals surface area (Å²) in [6.07, 6.45) is 0.848. The van der Waals surface area contributed by atoms with Gasteiger partial charge in [0.25, 0.3) is 11.5 Å². The first-order valence-electron chi connectivity index (χ1n) is 6.54. The number of carbonyl (C=O) groups is 1. The van der Waals surface area contributed by atoms with E-state index < -0.39 is 0 Å². The molecule has 106 valence electrons. The van der Waals surface area contributed by atoms with Gasteiger partial charge >= 0.3 is 0 Å². The van der Waals surface area contributed by atoms with E-state index in [9.17, 15) is 9.59 Å². The lowest BCUT2D eigenvalue weighted by atomic mass is 10.1. The first-order chi connectivity index (χ1) is 9.58. The number of rotatable bonds is 4. The largest absolute Gasteiger partial charge is 0.497 e. The Balaban J connectivity index is 2.58. The average Bonchev–Trinajstić information content (AvgIpc) is 2.47. The molecule has 1 N–H and O–H groups in total. The summed E-state index contributed by atoms with van der Waals surface area (Å²) in [6, 6.07) is 6.92. The molecule has 20 heavy (non-hydrogen) atoms. The Kier molecular flexibility index (Phi) is 4.08. The molecule has 1 heterocycles. The van der Waals surface area contributed by atoms with Crippen LogP contribution in [0.25, 0.3) is 10.8 Å². The van der Waals surface area contributed by atoms with Crippen molar-refractivity contribution < 1.29 is 9.53 Å². The molecule has 0 saturated heterocycles. The highest BCUT2D eigenvalue weighted by Crippen LogP contribution is 2.19. The lowest BCUT2D eigenvalue weighted by Crippen LogP contribution is -2.31. The van der Waals surface area contributed by atoms with Gasteiger partial charge in [-0.15, -0.1) is 0 Å². The molecular weight excluding hydrogens is 256 g/mol. The fourth-order valence-corrected chi connectivity index (χ4v) is 2.06. The topological polar surface area (TPSA) is 60.3 Å². The van der Waals surface area contributed by atoms with Gasteiger partial charge in [-0.25, -0.2) is 0 Å². The molecule has 0 bridgehead atoms. The number of amides is 1. The Morgan fingerprint density at radius 1 is 1.35 bits per heavy atom. The fourth-order valence-electron chi connectivity index (χ4n) is 2.06. The lowest BCUT2D eigenvalue weighted by molar-refractivity contribution is 0.0944. The molecule has 0 aliphatic carbocycles. The van der Waals surface area contributed by atoms with Crippen molar-refractivity contribution in [3.05, 3.63) is 40.3 Å². The van der Waals surface area contributed by atoms with Gasteiger partial charge in [-0.1, -0.05) is 6.92 Å². The van der Waals surface area contributed by atoms with Crippen molar-refractivity contribution in [2.75, 3.05) is 13.7 Å². The number of hydrogen-bond acceptors (Lipinski definition) is 3. The van der Waals surface area contributed by atoms with Crippen LogP contribution in [-0.4, -0.2) is 24.1 Å². The van der Waals surface area contributed by atoms with Crippen molar-refractivity contribution in [3.8, 4) is 5.75 Å². The lowest BCUT2D eigenvalue weighted by Gasteiger charge is -2.11. The van der Waals surface area contributed by atoms with Crippen LogP contribution in [0.4, 0.5) is 0 Å². The van der Waals surface area contributed by atoms with Crippen molar-refractivity contribution in [1.29, 1.82) is 0 Å². The van der Waals surface area contributed by atoms with Gasteiger partial charge in [-0.3, -0.25) is 9.59 Å². The van der Waals surface area contributed by atoms with Gasteiger partial charge in [0.1, 0.15) is 11.4 Å². The van der Waals surface area contributed by atoms with E-state index in [1.165, 1.54) is 4.57 Å². The first kappa shape index (κ1) is 14.1. The number of nitrogens with zero attached hydrogens (tertiary/aromatic N) is 1. The predicted octanol–water partition coefficient (Wildman–Crippen LogP) is 1.69. The summed E-state index contributed by atoms with van der Waals surface area (Å²) in [5.74, 6) is 0.418. The van der Waals surface area contributed by atoms with Gasteiger partial charge in [0, 0.05) is 19.0 Å². The van der Waals surface area contributed by atoms with Gasteiger partial charge in [-0.2, -0.15) is 0 Å². The van der Waals surface area contributed by atoms with E-state index in [0.717, 1.165) is 6.42 Å². The van der Waals surface area contributed by atoms with Crippen LogP contribution in [0.1, 0.15) is 23.8 Å². The molecule has 0 radical (unpaired) electrons. The molecule has 1 aromatic heterocycles. The van der Waals surface area contributed by atoms with E-state index in [-0.39, 0.29) is 11.5 Å². The second-order valence-corrected chi connectivity index (χ2v) is 4.60. The third-order valence-electron chi connectivity index (χ3n) is 3.22. The van der Waals surface area contributed by atoms with Crippen LogP contribution in [0.3, 0.4) is 0 Å². The van der Waals surface area contributed by atoms with Gasteiger partial charge in [0.15, 0.2) is 0 Å². The average molecular weight is 274 g/mol. The molecular formula is C15H18N2O3. The van der Waals surface area contributed by atoms with Crippen molar-refractivity contribution >= 4 is 16.7 Å². The summed E-state index contributed by atoms with van der Waals surface area (Å²) in [6.45, 7) is 2.56. The van der Waals surface area contributed by atoms with Crippen LogP contribution in [0.2, 0.25) is 0 Å². The molecule has 0 unspecified atom stereocenters. The monoisotopic (exact) mass is 274 g/mol. The number of hydrogen-bond donors (Lipinski definition) is 1. The smallest absolute Gasteiger partial charge is 0.268 e. The highest BCUT2D eigenvalue weighted by atomic mass is 16.5. The Morgan fingerprint density at radius 3 is 2.75 bits per heavy atom. The van der Waals surface area contributed by atoms with Crippen molar-refractivity contribution in [1.82, 2.24) is 9.88 Å². The minimum absolute atomic E-state index is 0.188. The Morgan fingerprint density at radius 2 is 2.10 bits per heavy atom. The minimum atomic E-state index is -0.240. The summed E-state index contributed by atoms with van der Waals surface area (Å²) in [5.41, 5.74) is 0.163. The van der Waals surface area contributed by atoms with E-state index in [0.29, 0.717) is 28.8 Å². The zero-order chi connectivity index (χ0) is 14.7. The molecule has 0 saturated carbocycles. The molecule has 2 aromatic rings. The molecule has 1 aromatic carbocycles. The second kappa shape index (κ2) is 5.77. The predicted molar refractivity (Wildman–Crippen MR) is 78.4 cm³/mol. The SMILES string of the molecule is CCCNC(=O)c1cc2cc(OC)ccc2c(=O)n1C. The van der Waals surface area contributed by atoms with Crippen LogP contribution in [-0.2, 0) is 7.05 Å². The molecule has 0 fully saturated rings. The van der Waals surface area contributed by atoms with Crippen molar-refractivity contribution in [2.24, 2.45) is 7.05 Å². The number of aromatic nitrogens is 1. The number of benzene rings is 1. The van der Waals surface area contributed by atoms with Crippen molar-refractivity contribution in [3.63, 3.8) is 0 Å². The summed E-state index contributed by atoms with van der Waals surface area (Å²) in [7, 11) is 3.17. The Labute approximate surface area is 117 Å². The third-order valence-corrected chi connectivity index (χ3v) is 3.22. The van der Waals surface area contributed by atoms with Crippen LogP contribution in [0, 0.1) is 0 Å². The zero-order valence-corrected chi connectivity index (χ0v) is 11.9. The summed E-state index contributed by atoms with van der Waals surface area (Å²) >= 11 is 0. The maximum Gasteiger partial charge on any atom is 0.268 e. The number of carbonyl (C=O) groups excluding carboxylic acids is 1. The molecule has 1 amide bonds. The molecule has 0 atom stereocenters. The molecule has 5 heteroatoms. The highest BCUT2D eigenvalue weighted by molar-refractivity contribution is 5.96. The highest BCUT2D eigenvalue weighted by Gasteiger charge is 2.13. The van der Waals surface area contributed by atoms with E-state index >= 15 is 0 Å². The van der Waals surface area contributed by atoms with Gasteiger partial charge in [0.2, 0.25) is 0 Å². The first-order valence-corrected chi connectivity index (χ1v) is 6.54. The fraction of sp³-hybridized carbons (Fsp3) is 0.333. The Bertz CT molecular complexity index is 704. The molecule has 5 nitrogen and oxygen atoms in total. The van der Waals surface area contributed by atoms with Gasteiger partial charge in [0.05, 0.1) is 7.11 Å². The van der Waals surface area contributed by atoms with E-state index in [1.54, 1.807) is 38.4 Å². The van der Waals surface area contributed by atoms with Gasteiger partial charge in [-0.05, 0) is 36.1 Å². The van der Waals surface area contributed by atoms with E-state index in [2.05, 4.69) is 5.32 Å². The Hall–Kier alpha value is -2.30. The van der Waals surface area contributed by atoms with Gasteiger partial charge < -0.3 is 14.6 Å². The molecule has 0 spiro atoms. The van der Waals surface area contributed by atoms with E-state index in [1.807, 2.05) is 6.92 Å². The minimum Gasteiger partial charge on any atom is -0.497 e. The van der Waals surface area contributed by atoms with Crippen LogP contribution < -0.4 is 15.6 Å². The summed E-state index contributed by atoms with van der Waals surface area (Å²) in [5, 5.41) is 4.05. The van der Waals surface area contributed by atoms with Crippen LogP contribution in [0.15, 0.2) is 29.1 Å². The number of nitrogens with one attached hydrogen (secondary N) is 1. The number of methoxy groups -OCH3 is 1. The number of ether oxygens (including phenoxy) is 1. The standard InChI is InChI=1S/C15H18N2O3/c1-4-7-16-14(18)13-9-10-8-11(20-3)5-6-12(10)15(19)17(13)2/h5-6,8-9H,4,7H2,1-3H3,(H,16,18).